The topological polar surface area (TPSA) is 62.2 Å². The minimum atomic E-state index is -0.201. The molecule has 0 spiro atoms. The highest BCUT2D eigenvalue weighted by atomic mass is 16.2. The van der Waals surface area contributed by atoms with Crippen LogP contribution in [0, 0.1) is 6.92 Å². The molecule has 26 heavy (non-hydrogen) atoms. The van der Waals surface area contributed by atoms with Gasteiger partial charge in [0.05, 0.1) is 24.1 Å². The van der Waals surface area contributed by atoms with E-state index >= 15 is 0 Å². The Kier molecular flexibility index (Phi) is 5.11. The van der Waals surface area contributed by atoms with Gasteiger partial charge in [-0.1, -0.05) is 6.07 Å². The van der Waals surface area contributed by atoms with Gasteiger partial charge in [-0.2, -0.15) is 0 Å². The maximum atomic E-state index is 12.0. The van der Waals surface area contributed by atoms with Gasteiger partial charge in [0.15, 0.2) is 0 Å². The summed E-state index contributed by atoms with van der Waals surface area (Å²) in [5.74, 6) is 0. The molecular formula is C20H25N5O. The second-order valence-corrected chi connectivity index (χ2v) is 6.68. The first kappa shape index (κ1) is 17.8. The van der Waals surface area contributed by atoms with Crippen LogP contribution in [-0.4, -0.2) is 29.7 Å². The molecule has 0 radical (unpaired) electrons. The number of fused-ring (bicyclic) bond motifs is 1. The minimum Gasteiger partial charge on any atom is -0.376 e. The largest absolute Gasteiger partial charge is 0.376 e. The molecule has 0 saturated carbocycles. The van der Waals surface area contributed by atoms with E-state index in [4.69, 9.17) is 0 Å². The summed E-state index contributed by atoms with van der Waals surface area (Å²) in [5.41, 5.74) is 5.35. The molecule has 0 aliphatic heterocycles. The van der Waals surface area contributed by atoms with Crippen molar-refractivity contribution in [3.8, 4) is 0 Å². The second kappa shape index (κ2) is 7.47. The maximum Gasteiger partial charge on any atom is 0.315 e. The van der Waals surface area contributed by atoms with Crippen LogP contribution in [0.4, 0.5) is 10.5 Å². The summed E-state index contributed by atoms with van der Waals surface area (Å²) in [7, 11) is 6.00. The molecule has 2 amide bonds. The number of rotatable bonds is 5. The van der Waals surface area contributed by atoms with Crippen molar-refractivity contribution >= 4 is 22.6 Å². The fraction of sp³-hybridized carbons (Fsp3) is 0.300. The summed E-state index contributed by atoms with van der Waals surface area (Å²) in [4.78, 5) is 18.4. The summed E-state index contributed by atoms with van der Waals surface area (Å²) in [6.07, 6.45) is 1.80. The molecule has 6 nitrogen and oxygen atoms in total. The van der Waals surface area contributed by atoms with Crippen LogP contribution in [0.3, 0.4) is 0 Å². The van der Waals surface area contributed by atoms with Gasteiger partial charge in [-0.25, -0.2) is 4.79 Å². The molecule has 0 saturated heterocycles. The molecule has 3 rings (SSSR count). The smallest absolute Gasteiger partial charge is 0.315 e. The number of hydrogen-bond donors (Lipinski definition) is 2. The Morgan fingerprint density at radius 1 is 1.12 bits per heavy atom. The number of anilines is 1. The highest BCUT2D eigenvalue weighted by molar-refractivity contribution is 5.82. The number of urea groups is 1. The van der Waals surface area contributed by atoms with Crippen molar-refractivity contribution < 1.29 is 4.79 Å². The number of nitrogens with one attached hydrogen (secondary N) is 2. The number of aryl methyl sites for hydroxylation is 2. The summed E-state index contributed by atoms with van der Waals surface area (Å²) in [6, 6.07) is 12.1. The van der Waals surface area contributed by atoms with Gasteiger partial charge in [0.25, 0.3) is 0 Å². The summed E-state index contributed by atoms with van der Waals surface area (Å²) >= 11 is 0. The van der Waals surface area contributed by atoms with E-state index in [1.54, 1.807) is 6.20 Å². The van der Waals surface area contributed by atoms with Gasteiger partial charge in [0, 0.05) is 44.3 Å². The Morgan fingerprint density at radius 3 is 2.58 bits per heavy atom. The Morgan fingerprint density at radius 2 is 1.88 bits per heavy atom. The van der Waals surface area contributed by atoms with Crippen LogP contribution in [-0.2, 0) is 20.1 Å². The average Bonchev–Trinajstić information content (AvgIpc) is 2.92. The summed E-state index contributed by atoms with van der Waals surface area (Å²) in [6.45, 7) is 2.98. The van der Waals surface area contributed by atoms with E-state index in [0.717, 1.165) is 16.9 Å². The Labute approximate surface area is 153 Å². The quantitative estimate of drug-likeness (QED) is 0.743. The molecule has 136 valence electrons. The van der Waals surface area contributed by atoms with E-state index in [9.17, 15) is 4.79 Å². The number of amides is 2. The lowest BCUT2D eigenvalue weighted by atomic mass is 10.1. The first-order valence-corrected chi connectivity index (χ1v) is 8.63. The predicted molar refractivity (Wildman–Crippen MR) is 105 cm³/mol. The van der Waals surface area contributed by atoms with Crippen molar-refractivity contribution in [1.29, 1.82) is 0 Å². The van der Waals surface area contributed by atoms with Crippen molar-refractivity contribution in [1.82, 2.24) is 20.2 Å². The van der Waals surface area contributed by atoms with Crippen LogP contribution in [0.15, 0.2) is 42.6 Å². The number of carbonyl (C=O) groups excluding carboxylic acids is 1. The lowest BCUT2D eigenvalue weighted by molar-refractivity contribution is 0.240. The molecule has 2 aromatic heterocycles. The van der Waals surface area contributed by atoms with E-state index in [1.165, 1.54) is 16.6 Å². The zero-order chi connectivity index (χ0) is 18.7. The molecule has 1 aromatic carbocycles. The number of aromatic nitrogens is 2. The number of hydrogen-bond acceptors (Lipinski definition) is 3. The SMILES string of the molecule is Cc1cc2cc(CNC(=O)NCc3ccc(N(C)C)cn3)ccc2n1C. The van der Waals surface area contributed by atoms with Gasteiger partial charge < -0.3 is 20.1 Å². The Hall–Kier alpha value is -3.02. The third kappa shape index (κ3) is 3.96. The number of pyridine rings is 1. The van der Waals surface area contributed by atoms with E-state index in [-0.39, 0.29) is 6.03 Å². The highest BCUT2D eigenvalue weighted by Crippen LogP contribution is 2.19. The predicted octanol–water partition coefficient (Wildman–Crippen LogP) is 2.95. The average molecular weight is 351 g/mol. The molecule has 0 aliphatic rings. The molecule has 6 heteroatoms. The van der Waals surface area contributed by atoms with Crippen molar-refractivity contribution in [2.75, 3.05) is 19.0 Å². The molecule has 3 aromatic rings. The normalized spacial score (nSPS) is 10.8. The fourth-order valence-corrected chi connectivity index (χ4v) is 2.85. The van der Waals surface area contributed by atoms with E-state index in [2.05, 4.69) is 52.4 Å². The van der Waals surface area contributed by atoms with Crippen LogP contribution >= 0.6 is 0 Å². The van der Waals surface area contributed by atoms with E-state index in [1.807, 2.05) is 37.2 Å². The van der Waals surface area contributed by atoms with Gasteiger partial charge in [-0.05, 0) is 42.8 Å². The molecule has 0 fully saturated rings. The lowest BCUT2D eigenvalue weighted by Gasteiger charge is -2.12. The minimum absolute atomic E-state index is 0.201. The van der Waals surface area contributed by atoms with Gasteiger partial charge in [0.2, 0.25) is 0 Å². The van der Waals surface area contributed by atoms with Gasteiger partial charge >= 0.3 is 6.03 Å². The maximum absolute atomic E-state index is 12.0. The van der Waals surface area contributed by atoms with E-state index < -0.39 is 0 Å². The van der Waals surface area contributed by atoms with Crippen LogP contribution in [0.1, 0.15) is 17.0 Å². The molecular weight excluding hydrogens is 326 g/mol. The van der Waals surface area contributed by atoms with Crippen molar-refractivity contribution in [3.05, 3.63) is 59.5 Å². The van der Waals surface area contributed by atoms with Crippen molar-refractivity contribution in [2.45, 2.75) is 20.0 Å². The Bertz CT molecular complexity index is 912. The zero-order valence-corrected chi connectivity index (χ0v) is 15.7. The molecule has 0 bridgehead atoms. The van der Waals surface area contributed by atoms with Gasteiger partial charge in [-0.3, -0.25) is 4.98 Å². The Balaban J connectivity index is 1.52. The van der Waals surface area contributed by atoms with Crippen LogP contribution in [0.5, 0.6) is 0 Å². The summed E-state index contributed by atoms with van der Waals surface area (Å²) < 4.78 is 2.16. The molecule has 0 atom stereocenters. The van der Waals surface area contributed by atoms with Gasteiger partial charge in [0.1, 0.15) is 0 Å². The number of carbonyl (C=O) groups is 1. The van der Waals surface area contributed by atoms with E-state index in [0.29, 0.717) is 13.1 Å². The number of benzene rings is 1. The van der Waals surface area contributed by atoms with Crippen molar-refractivity contribution in [3.63, 3.8) is 0 Å². The lowest BCUT2D eigenvalue weighted by Crippen LogP contribution is -2.34. The highest BCUT2D eigenvalue weighted by Gasteiger charge is 2.05. The van der Waals surface area contributed by atoms with Crippen LogP contribution in [0.25, 0.3) is 10.9 Å². The second-order valence-electron chi connectivity index (χ2n) is 6.68. The molecule has 2 heterocycles. The summed E-state index contributed by atoms with van der Waals surface area (Å²) in [5, 5.41) is 6.92. The van der Waals surface area contributed by atoms with Crippen molar-refractivity contribution in [2.24, 2.45) is 7.05 Å². The van der Waals surface area contributed by atoms with Gasteiger partial charge in [-0.15, -0.1) is 0 Å². The van der Waals surface area contributed by atoms with Crippen LogP contribution in [0.2, 0.25) is 0 Å². The monoisotopic (exact) mass is 351 g/mol. The first-order valence-electron chi connectivity index (χ1n) is 8.63. The van der Waals surface area contributed by atoms with Crippen LogP contribution < -0.4 is 15.5 Å². The molecule has 2 N–H and O–H groups in total. The number of nitrogens with zero attached hydrogens (tertiary/aromatic N) is 3. The third-order valence-corrected chi connectivity index (χ3v) is 4.56. The fourth-order valence-electron chi connectivity index (χ4n) is 2.85. The molecule has 0 unspecified atom stereocenters. The third-order valence-electron chi connectivity index (χ3n) is 4.56. The standard InChI is InChI=1S/C20H25N5O/c1-14-9-16-10-15(5-8-19(16)25(14)4)11-22-20(26)23-12-17-6-7-18(13-21-17)24(2)3/h5-10,13H,11-12H2,1-4H3,(H2,22,23,26). The first-order chi connectivity index (χ1) is 12.4. The molecule has 0 aliphatic carbocycles. The zero-order valence-electron chi connectivity index (χ0n) is 15.7.